The number of ether oxygens (including phenoxy) is 1. The molecule has 0 amide bonds. The van der Waals surface area contributed by atoms with E-state index in [0.717, 1.165) is 0 Å². The molecule has 0 aromatic carbocycles. The van der Waals surface area contributed by atoms with Gasteiger partial charge in [-0.25, -0.2) is 20.5 Å². The van der Waals surface area contributed by atoms with Gasteiger partial charge in [0.05, 0.1) is 17.7 Å². The number of nitrogens with zero attached hydrogens (tertiary/aromatic N) is 4. The normalized spacial score (nSPS) is 21.2. The maximum absolute atomic E-state index is 12.0. The zero-order chi connectivity index (χ0) is 16.4. The summed E-state index contributed by atoms with van der Waals surface area (Å²) in [6.07, 6.45) is -1.08. The number of hydrogen-bond acceptors (Lipinski definition) is 6. The van der Waals surface area contributed by atoms with Gasteiger partial charge in [-0.1, -0.05) is 5.92 Å². The fraction of sp³-hybridized carbons (Fsp3) is 0.462. The van der Waals surface area contributed by atoms with Crippen LogP contribution in [0.1, 0.15) is 25.5 Å². The van der Waals surface area contributed by atoms with E-state index in [2.05, 4.69) is 26.4 Å². The summed E-state index contributed by atoms with van der Waals surface area (Å²) in [5, 5.41) is 4.86. The van der Waals surface area contributed by atoms with Crippen LogP contribution in [0, 0.1) is 11.8 Å². The SMILES string of the molecule is NNc1ncnc2c1cnn2C1CCC(CC#CC(F)(F)F)O1. The van der Waals surface area contributed by atoms with Crippen LogP contribution in [0.5, 0.6) is 0 Å². The molecule has 0 bridgehead atoms. The molecule has 0 radical (unpaired) electrons. The van der Waals surface area contributed by atoms with E-state index < -0.39 is 12.4 Å². The average molecular weight is 326 g/mol. The third-order valence-corrected chi connectivity index (χ3v) is 3.45. The molecule has 3 heterocycles. The first-order chi connectivity index (χ1) is 11.0. The van der Waals surface area contributed by atoms with Crippen molar-refractivity contribution in [1.29, 1.82) is 0 Å². The van der Waals surface area contributed by atoms with Crippen molar-refractivity contribution in [1.82, 2.24) is 19.7 Å². The van der Waals surface area contributed by atoms with Gasteiger partial charge in [-0.3, -0.25) is 0 Å². The summed E-state index contributed by atoms with van der Waals surface area (Å²) in [7, 11) is 0. The molecule has 10 heteroatoms. The first-order valence-electron chi connectivity index (χ1n) is 6.85. The molecule has 2 aromatic heterocycles. The highest BCUT2D eigenvalue weighted by Gasteiger charge is 2.29. The van der Waals surface area contributed by atoms with Crippen molar-refractivity contribution >= 4 is 16.9 Å². The van der Waals surface area contributed by atoms with Crippen molar-refractivity contribution < 1.29 is 17.9 Å². The number of rotatable bonds is 3. The molecule has 2 atom stereocenters. The van der Waals surface area contributed by atoms with Gasteiger partial charge < -0.3 is 10.2 Å². The summed E-state index contributed by atoms with van der Waals surface area (Å²) in [5.74, 6) is 9.17. The Labute approximate surface area is 129 Å². The average Bonchev–Trinajstić information content (AvgIpc) is 3.11. The summed E-state index contributed by atoms with van der Waals surface area (Å²) in [6.45, 7) is 0. The number of aromatic nitrogens is 4. The largest absolute Gasteiger partial charge is 0.457 e. The van der Waals surface area contributed by atoms with Crippen LogP contribution in [0.15, 0.2) is 12.5 Å². The smallest absolute Gasteiger partial charge is 0.352 e. The Morgan fingerprint density at radius 2 is 2.22 bits per heavy atom. The lowest BCUT2D eigenvalue weighted by atomic mass is 10.2. The van der Waals surface area contributed by atoms with Crippen LogP contribution in [-0.4, -0.2) is 32.0 Å². The van der Waals surface area contributed by atoms with Gasteiger partial charge in [0.2, 0.25) is 0 Å². The van der Waals surface area contributed by atoms with Crippen LogP contribution >= 0.6 is 0 Å². The Balaban J connectivity index is 1.73. The van der Waals surface area contributed by atoms with Gasteiger partial charge in [-0.2, -0.15) is 18.3 Å². The molecule has 0 saturated carbocycles. The van der Waals surface area contributed by atoms with E-state index >= 15 is 0 Å². The second kappa shape index (κ2) is 6.02. The molecule has 7 nitrogen and oxygen atoms in total. The van der Waals surface area contributed by atoms with Crippen molar-refractivity contribution in [3.63, 3.8) is 0 Å². The minimum absolute atomic E-state index is 0.0276. The maximum Gasteiger partial charge on any atom is 0.457 e. The van der Waals surface area contributed by atoms with Gasteiger partial charge in [-0.15, -0.1) is 0 Å². The van der Waals surface area contributed by atoms with Gasteiger partial charge in [0, 0.05) is 12.3 Å². The molecule has 0 spiro atoms. The van der Waals surface area contributed by atoms with E-state index in [9.17, 15) is 13.2 Å². The van der Waals surface area contributed by atoms with E-state index in [4.69, 9.17) is 10.6 Å². The van der Waals surface area contributed by atoms with Gasteiger partial charge in [0.15, 0.2) is 17.7 Å². The van der Waals surface area contributed by atoms with Crippen LogP contribution < -0.4 is 11.3 Å². The van der Waals surface area contributed by atoms with Gasteiger partial charge in [0.25, 0.3) is 0 Å². The lowest BCUT2D eigenvalue weighted by molar-refractivity contribution is -0.0698. The van der Waals surface area contributed by atoms with E-state index in [1.807, 2.05) is 0 Å². The highest BCUT2D eigenvalue weighted by Crippen LogP contribution is 2.32. The molecule has 1 saturated heterocycles. The molecular formula is C13H13F3N6O. The number of nitrogens with one attached hydrogen (secondary N) is 1. The zero-order valence-corrected chi connectivity index (χ0v) is 11.8. The standard InChI is InChI=1S/C13H13F3N6O/c14-13(15,16)5-1-2-8-3-4-10(23-8)22-12-9(6-20-22)11(21-17)18-7-19-12/h6-8,10H,2-4,17H2,(H,18,19,21). The van der Waals surface area contributed by atoms with E-state index in [1.165, 1.54) is 12.2 Å². The molecular weight excluding hydrogens is 313 g/mol. The summed E-state index contributed by atoms with van der Waals surface area (Å²) in [6, 6.07) is 0. The number of nitrogens with two attached hydrogens (primary N) is 1. The number of nitrogen functional groups attached to an aromatic ring is 1. The monoisotopic (exact) mass is 326 g/mol. The minimum atomic E-state index is -4.47. The topological polar surface area (TPSA) is 90.9 Å². The number of hydrazine groups is 1. The van der Waals surface area contributed by atoms with Gasteiger partial charge in [-0.05, 0) is 12.8 Å². The van der Waals surface area contributed by atoms with Crippen LogP contribution in [0.3, 0.4) is 0 Å². The Bertz CT molecular complexity index is 762. The summed E-state index contributed by atoms with van der Waals surface area (Å²) in [5.41, 5.74) is 3.00. The molecule has 1 fully saturated rings. The van der Waals surface area contributed by atoms with Gasteiger partial charge >= 0.3 is 6.18 Å². The molecule has 2 aromatic rings. The fourth-order valence-electron chi connectivity index (χ4n) is 2.47. The number of anilines is 1. The summed E-state index contributed by atoms with van der Waals surface area (Å²) >= 11 is 0. The van der Waals surface area contributed by atoms with Crippen molar-refractivity contribution in [2.75, 3.05) is 5.43 Å². The quantitative estimate of drug-likeness (QED) is 0.507. The van der Waals surface area contributed by atoms with Crippen LogP contribution in [-0.2, 0) is 4.74 Å². The molecule has 1 aliphatic heterocycles. The second-order valence-electron chi connectivity index (χ2n) is 4.99. The van der Waals surface area contributed by atoms with Crippen molar-refractivity contribution in [2.45, 2.75) is 37.8 Å². The molecule has 3 N–H and O–H groups in total. The summed E-state index contributed by atoms with van der Waals surface area (Å²) in [4.78, 5) is 8.13. The Hall–Kier alpha value is -2.38. The van der Waals surface area contributed by atoms with E-state index in [1.54, 1.807) is 10.9 Å². The predicted octanol–water partition coefficient (Wildman–Crippen LogP) is 1.75. The van der Waals surface area contributed by atoms with Crippen molar-refractivity contribution in [3.8, 4) is 11.8 Å². The summed E-state index contributed by atoms with van der Waals surface area (Å²) < 4.78 is 43.3. The van der Waals surface area contributed by atoms with Gasteiger partial charge in [0.1, 0.15) is 6.33 Å². The Morgan fingerprint density at radius 1 is 1.39 bits per heavy atom. The number of fused-ring (bicyclic) bond motifs is 1. The first-order valence-corrected chi connectivity index (χ1v) is 6.85. The number of alkyl halides is 3. The fourth-order valence-corrected chi connectivity index (χ4v) is 2.47. The van der Waals surface area contributed by atoms with Crippen molar-refractivity contribution in [2.24, 2.45) is 5.84 Å². The molecule has 2 unspecified atom stereocenters. The third kappa shape index (κ3) is 3.35. The lowest BCUT2D eigenvalue weighted by Gasteiger charge is -2.13. The predicted molar refractivity (Wildman–Crippen MR) is 74.7 cm³/mol. The van der Waals surface area contributed by atoms with E-state index in [0.29, 0.717) is 29.7 Å². The molecule has 122 valence electrons. The Morgan fingerprint density at radius 3 is 2.96 bits per heavy atom. The molecule has 1 aliphatic rings. The van der Waals surface area contributed by atoms with E-state index in [-0.39, 0.29) is 12.5 Å². The number of hydrogen-bond donors (Lipinski definition) is 2. The molecule has 0 aliphatic carbocycles. The maximum atomic E-state index is 12.0. The lowest BCUT2D eigenvalue weighted by Crippen LogP contribution is -2.13. The Kier molecular flexibility index (Phi) is 4.06. The zero-order valence-electron chi connectivity index (χ0n) is 11.8. The minimum Gasteiger partial charge on any atom is -0.352 e. The highest BCUT2D eigenvalue weighted by molar-refractivity contribution is 5.85. The van der Waals surface area contributed by atoms with Crippen LogP contribution in [0.25, 0.3) is 11.0 Å². The molecule has 3 rings (SSSR count). The molecule has 23 heavy (non-hydrogen) atoms. The van der Waals surface area contributed by atoms with Crippen molar-refractivity contribution in [3.05, 3.63) is 12.5 Å². The number of halogens is 3. The third-order valence-electron chi connectivity index (χ3n) is 3.45. The first kappa shape index (κ1) is 15.5. The van der Waals surface area contributed by atoms with Crippen LogP contribution in [0.2, 0.25) is 0 Å². The van der Waals surface area contributed by atoms with Crippen LogP contribution in [0.4, 0.5) is 19.0 Å². The highest BCUT2D eigenvalue weighted by atomic mass is 19.4. The second-order valence-corrected chi connectivity index (χ2v) is 4.99.